The summed E-state index contributed by atoms with van der Waals surface area (Å²) in [6.45, 7) is 2.95. The minimum absolute atomic E-state index is 0. The minimum atomic E-state index is -0.512. The first-order valence-corrected chi connectivity index (χ1v) is 5.61. The molecular weight excluding hydrogens is 250 g/mol. The van der Waals surface area contributed by atoms with Gasteiger partial charge in [-0.15, -0.1) is 12.4 Å². The molecule has 1 amide bonds. The highest BCUT2D eigenvalue weighted by Crippen LogP contribution is 2.26. The number of aromatic nitrogens is 1. The number of anilines is 1. The van der Waals surface area contributed by atoms with Crippen LogP contribution in [0.5, 0.6) is 0 Å². The van der Waals surface area contributed by atoms with Gasteiger partial charge in [-0.05, 0) is 6.92 Å². The number of amides is 1. The molecule has 0 radical (unpaired) electrons. The van der Waals surface area contributed by atoms with Gasteiger partial charge >= 0.3 is 0 Å². The first-order chi connectivity index (χ1) is 7.16. The van der Waals surface area contributed by atoms with Gasteiger partial charge in [-0.2, -0.15) is 0 Å². The van der Waals surface area contributed by atoms with E-state index in [-0.39, 0.29) is 18.3 Å². The molecule has 1 aromatic rings. The number of hydrogen-bond acceptors (Lipinski definition) is 5. The topological polar surface area (TPSA) is 77.2 Å². The number of thiazole rings is 1. The van der Waals surface area contributed by atoms with Crippen molar-refractivity contribution in [1.29, 1.82) is 0 Å². The molecule has 2 heterocycles. The van der Waals surface area contributed by atoms with Crippen molar-refractivity contribution in [3.63, 3.8) is 0 Å². The van der Waals surface area contributed by atoms with E-state index in [1.165, 1.54) is 11.3 Å². The molecule has 16 heavy (non-hydrogen) atoms. The molecule has 1 aromatic heterocycles. The summed E-state index contributed by atoms with van der Waals surface area (Å²) >= 11 is 1.46. The SMILES string of the molecule is C[C@H](N)C(=O)Nc1nc2c(s1)COCC2.Cl. The lowest BCUT2D eigenvalue weighted by molar-refractivity contribution is -0.117. The molecule has 0 fully saturated rings. The monoisotopic (exact) mass is 263 g/mol. The lowest BCUT2D eigenvalue weighted by atomic mass is 10.2. The van der Waals surface area contributed by atoms with E-state index >= 15 is 0 Å². The molecule has 7 heteroatoms. The minimum Gasteiger partial charge on any atom is -0.375 e. The molecule has 90 valence electrons. The van der Waals surface area contributed by atoms with Gasteiger partial charge in [-0.1, -0.05) is 11.3 Å². The Hall–Kier alpha value is -0.690. The second kappa shape index (κ2) is 5.58. The highest BCUT2D eigenvalue weighted by Gasteiger charge is 2.17. The predicted octanol–water partition coefficient (Wildman–Crippen LogP) is 0.923. The van der Waals surface area contributed by atoms with Gasteiger partial charge in [-0.25, -0.2) is 4.98 Å². The van der Waals surface area contributed by atoms with Gasteiger partial charge in [-0.3, -0.25) is 4.79 Å². The zero-order valence-corrected chi connectivity index (χ0v) is 10.5. The van der Waals surface area contributed by atoms with E-state index in [1.807, 2.05) is 0 Å². The molecule has 1 aliphatic heterocycles. The van der Waals surface area contributed by atoms with Crippen molar-refractivity contribution in [2.24, 2.45) is 5.73 Å². The van der Waals surface area contributed by atoms with Crippen molar-refractivity contribution >= 4 is 34.8 Å². The zero-order chi connectivity index (χ0) is 10.8. The third-order valence-electron chi connectivity index (χ3n) is 2.14. The number of halogens is 1. The number of carbonyl (C=O) groups is 1. The number of nitrogens with zero attached hydrogens (tertiary/aromatic N) is 1. The Morgan fingerprint density at radius 1 is 1.69 bits per heavy atom. The molecule has 1 aliphatic rings. The average Bonchev–Trinajstić information content (AvgIpc) is 2.59. The van der Waals surface area contributed by atoms with Crippen LogP contribution in [0.15, 0.2) is 0 Å². The Kier molecular flexibility index (Phi) is 4.67. The fourth-order valence-electron chi connectivity index (χ4n) is 1.30. The van der Waals surface area contributed by atoms with Crippen LogP contribution in [0, 0.1) is 0 Å². The fourth-order valence-corrected chi connectivity index (χ4v) is 2.25. The van der Waals surface area contributed by atoms with Crippen LogP contribution in [0.3, 0.4) is 0 Å². The number of ether oxygens (including phenoxy) is 1. The van der Waals surface area contributed by atoms with E-state index in [4.69, 9.17) is 10.5 Å². The van der Waals surface area contributed by atoms with Gasteiger partial charge in [0, 0.05) is 6.42 Å². The molecule has 0 saturated carbocycles. The summed E-state index contributed by atoms with van der Waals surface area (Å²) in [6.07, 6.45) is 0.819. The van der Waals surface area contributed by atoms with Gasteiger partial charge in [0.25, 0.3) is 0 Å². The van der Waals surface area contributed by atoms with Gasteiger partial charge in [0.1, 0.15) is 0 Å². The molecule has 3 N–H and O–H groups in total. The van der Waals surface area contributed by atoms with Crippen LogP contribution < -0.4 is 11.1 Å². The lowest BCUT2D eigenvalue weighted by Gasteiger charge is -2.08. The van der Waals surface area contributed by atoms with Gasteiger partial charge < -0.3 is 15.8 Å². The summed E-state index contributed by atoms with van der Waals surface area (Å²) in [5, 5.41) is 3.30. The van der Waals surface area contributed by atoms with Crippen molar-refractivity contribution in [1.82, 2.24) is 4.98 Å². The summed E-state index contributed by atoms with van der Waals surface area (Å²) in [4.78, 5) is 16.7. The van der Waals surface area contributed by atoms with Gasteiger partial charge in [0.05, 0.1) is 29.8 Å². The van der Waals surface area contributed by atoms with E-state index in [2.05, 4.69) is 10.3 Å². The van der Waals surface area contributed by atoms with E-state index in [0.717, 1.165) is 17.0 Å². The maximum atomic E-state index is 11.3. The van der Waals surface area contributed by atoms with Crippen molar-refractivity contribution in [3.05, 3.63) is 10.6 Å². The number of hydrogen-bond donors (Lipinski definition) is 2. The maximum absolute atomic E-state index is 11.3. The molecular formula is C9H14ClN3O2S. The van der Waals surface area contributed by atoms with Crippen molar-refractivity contribution in [2.45, 2.75) is 26.0 Å². The normalized spacial score (nSPS) is 15.9. The molecule has 2 rings (SSSR count). The van der Waals surface area contributed by atoms with E-state index in [1.54, 1.807) is 6.92 Å². The first-order valence-electron chi connectivity index (χ1n) is 4.79. The Bertz CT molecular complexity index is 357. The Morgan fingerprint density at radius 3 is 3.06 bits per heavy atom. The predicted molar refractivity (Wildman–Crippen MR) is 65.0 cm³/mol. The molecule has 5 nitrogen and oxygen atoms in total. The quantitative estimate of drug-likeness (QED) is 0.832. The number of nitrogens with two attached hydrogens (primary N) is 1. The number of carbonyl (C=O) groups excluding carboxylic acids is 1. The van der Waals surface area contributed by atoms with Gasteiger partial charge in [0.2, 0.25) is 5.91 Å². The van der Waals surface area contributed by atoms with Crippen LogP contribution in [-0.2, 0) is 22.6 Å². The van der Waals surface area contributed by atoms with Crippen molar-refractivity contribution < 1.29 is 9.53 Å². The van der Waals surface area contributed by atoms with E-state index in [9.17, 15) is 4.79 Å². The van der Waals surface area contributed by atoms with Crippen LogP contribution in [-0.4, -0.2) is 23.5 Å². The average molecular weight is 264 g/mol. The van der Waals surface area contributed by atoms with Crippen LogP contribution >= 0.6 is 23.7 Å². The number of fused-ring (bicyclic) bond motifs is 1. The van der Waals surface area contributed by atoms with Crippen molar-refractivity contribution in [2.75, 3.05) is 11.9 Å². The lowest BCUT2D eigenvalue weighted by Crippen LogP contribution is -2.32. The smallest absolute Gasteiger partial charge is 0.242 e. The van der Waals surface area contributed by atoms with Crippen molar-refractivity contribution in [3.8, 4) is 0 Å². The molecule has 0 aliphatic carbocycles. The van der Waals surface area contributed by atoms with Gasteiger partial charge in [0.15, 0.2) is 5.13 Å². The number of rotatable bonds is 2. The first kappa shape index (κ1) is 13.4. The third kappa shape index (κ3) is 2.91. The van der Waals surface area contributed by atoms with Crippen LogP contribution in [0.1, 0.15) is 17.5 Å². The Labute approximate surface area is 104 Å². The number of nitrogens with one attached hydrogen (secondary N) is 1. The van der Waals surface area contributed by atoms with E-state index in [0.29, 0.717) is 18.3 Å². The maximum Gasteiger partial charge on any atom is 0.242 e. The molecule has 0 spiro atoms. The molecule has 1 atom stereocenters. The molecule has 0 bridgehead atoms. The van der Waals surface area contributed by atoms with Crippen LogP contribution in [0.25, 0.3) is 0 Å². The Morgan fingerprint density at radius 2 is 2.44 bits per heavy atom. The standard InChI is InChI=1S/C9H13N3O2S.ClH/c1-5(10)8(13)12-9-11-6-2-3-14-4-7(6)15-9;/h5H,2-4,10H2,1H3,(H,11,12,13);1H/t5-;/m0./s1. The fraction of sp³-hybridized carbons (Fsp3) is 0.556. The van der Waals surface area contributed by atoms with Crippen LogP contribution in [0.4, 0.5) is 5.13 Å². The highest BCUT2D eigenvalue weighted by molar-refractivity contribution is 7.15. The summed E-state index contributed by atoms with van der Waals surface area (Å²) in [5.41, 5.74) is 6.48. The van der Waals surface area contributed by atoms with Crippen LogP contribution in [0.2, 0.25) is 0 Å². The molecule has 0 unspecified atom stereocenters. The highest BCUT2D eigenvalue weighted by atomic mass is 35.5. The van der Waals surface area contributed by atoms with E-state index < -0.39 is 6.04 Å². The second-order valence-corrected chi connectivity index (χ2v) is 4.55. The largest absolute Gasteiger partial charge is 0.375 e. The third-order valence-corrected chi connectivity index (χ3v) is 3.12. The zero-order valence-electron chi connectivity index (χ0n) is 8.86. The summed E-state index contributed by atoms with van der Waals surface area (Å²) < 4.78 is 5.29. The summed E-state index contributed by atoms with van der Waals surface area (Å²) in [7, 11) is 0. The molecule has 0 aromatic carbocycles. The summed E-state index contributed by atoms with van der Waals surface area (Å²) in [5.74, 6) is -0.206. The second-order valence-electron chi connectivity index (χ2n) is 3.47. The Balaban J connectivity index is 0.00000128. The summed E-state index contributed by atoms with van der Waals surface area (Å²) in [6, 6.07) is -0.512. The molecule has 0 saturated heterocycles.